The highest BCUT2D eigenvalue weighted by molar-refractivity contribution is 7.97. The van der Waals surface area contributed by atoms with Crippen LogP contribution in [0.2, 0.25) is 0 Å². The van der Waals surface area contributed by atoms with E-state index < -0.39 is 11.9 Å². The van der Waals surface area contributed by atoms with E-state index in [1.165, 1.54) is 18.0 Å². The molecule has 3 saturated heterocycles. The molecule has 0 saturated carbocycles. The van der Waals surface area contributed by atoms with Gasteiger partial charge in [0.2, 0.25) is 0 Å². The molecule has 1 aromatic heterocycles. The summed E-state index contributed by atoms with van der Waals surface area (Å²) in [5, 5.41) is 0. The van der Waals surface area contributed by atoms with E-state index in [0.29, 0.717) is 17.2 Å². The lowest BCUT2D eigenvalue weighted by atomic mass is 9.73. The average Bonchev–Trinajstić information content (AvgIpc) is 2.94. The van der Waals surface area contributed by atoms with Crippen molar-refractivity contribution in [1.82, 2.24) is 14.2 Å². The van der Waals surface area contributed by atoms with Crippen LogP contribution < -0.4 is 0 Å². The first kappa shape index (κ1) is 16.6. The van der Waals surface area contributed by atoms with Gasteiger partial charge in [0.05, 0.1) is 12.3 Å². The van der Waals surface area contributed by atoms with Crippen molar-refractivity contribution in [2.24, 2.45) is 5.41 Å². The molecular formula is C16H20F3N3OS. The van der Waals surface area contributed by atoms with E-state index in [1.807, 2.05) is 0 Å². The van der Waals surface area contributed by atoms with E-state index in [9.17, 15) is 13.2 Å². The Labute approximate surface area is 143 Å². The van der Waals surface area contributed by atoms with Crippen molar-refractivity contribution in [3.63, 3.8) is 0 Å². The van der Waals surface area contributed by atoms with E-state index in [1.54, 1.807) is 6.92 Å². The topological polar surface area (TPSA) is 28.6 Å². The molecule has 3 aliphatic heterocycles. The van der Waals surface area contributed by atoms with Crippen LogP contribution >= 0.6 is 11.9 Å². The Bertz CT molecular complexity index is 619. The number of nitrogens with zero attached hydrogens (tertiary/aromatic N) is 3. The minimum Gasteiger partial charge on any atom is -0.380 e. The van der Waals surface area contributed by atoms with Crippen molar-refractivity contribution < 1.29 is 17.9 Å². The first-order chi connectivity index (χ1) is 11.3. The third-order valence-corrected chi connectivity index (χ3v) is 6.22. The van der Waals surface area contributed by atoms with E-state index >= 15 is 0 Å². The summed E-state index contributed by atoms with van der Waals surface area (Å²) in [6.45, 7) is 7.56. The molecule has 0 radical (unpaired) electrons. The largest absolute Gasteiger partial charge is 0.433 e. The van der Waals surface area contributed by atoms with Crippen molar-refractivity contribution in [1.29, 1.82) is 0 Å². The molecule has 0 bridgehead atoms. The maximum Gasteiger partial charge on any atom is 0.433 e. The molecule has 3 aliphatic rings. The average molecular weight is 359 g/mol. The Morgan fingerprint density at radius 2 is 2.00 bits per heavy atom. The zero-order chi connectivity index (χ0) is 16.9. The first-order valence-corrected chi connectivity index (χ1v) is 8.92. The van der Waals surface area contributed by atoms with E-state index in [0.717, 1.165) is 56.8 Å². The van der Waals surface area contributed by atoms with Gasteiger partial charge < -0.3 is 4.74 Å². The normalized spacial score (nSPS) is 27.2. The zero-order valence-corrected chi connectivity index (χ0v) is 14.3. The number of likely N-dealkylation sites (tertiary alicyclic amines) is 1. The third-order valence-electron chi connectivity index (χ3n) is 5.08. The molecule has 1 unspecified atom stereocenters. The number of aryl methyl sites for hydroxylation is 1. The standard InChI is InChI=1S/C16H20F3N3OS/c1-11-13(2-3-14(20-11)16(17,18)19)24-22-9-15(10-22)7-21(8-15)12-4-5-23-6-12/h2-3,12H,4-10H2,1H3. The summed E-state index contributed by atoms with van der Waals surface area (Å²) in [5.74, 6) is 0. The first-order valence-electron chi connectivity index (χ1n) is 8.14. The van der Waals surface area contributed by atoms with Crippen molar-refractivity contribution in [3.8, 4) is 0 Å². The van der Waals surface area contributed by atoms with Crippen LogP contribution in [0.15, 0.2) is 17.0 Å². The number of pyridine rings is 1. The number of halogens is 3. The maximum absolute atomic E-state index is 12.7. The van der Waals surface area contributed by atoms with E-state index in [4.69, 9.17) is 4.74 Å². The smallest absolute Gasteiger partial charge is 0.380 e. The lowest BCUT2D eigenvalue weighted by molar-refractivity contribution is -0.141. The molecule has 0 N–H and O–H groups in total. The molecule has 3 fully saturated rings. The number of alkyl halides is 3. The van der Waals surface area contributed by atoms with Gasteiger partial charge >= 0.3 is 6.18 Å². The van der Waals surface area contributed by atoms with Crippen LogP contribution in [0.25, 0.3) is 0 Å². The molecule has 4 nitrogen and oxygen atoms in total. The Morgan fingerprint density at radius 1 is 1.25 bits per heavy atom. The molecule has 0 amide bonds. The van der Waals surface area contributed by atoms with Crippen molar-refractivity contribution in [2.75, 3.05) is 39.4 Å². The van der Waals surface area contributed by atoms with Crippen LogP contribution in [0.4, 0.5) is 13.2 Å². The molecule has 132 valence electrons. The van der Waals surface area contributed by atoms with Crippen LogP contribution in [-0.2, 0) is 10.9 Å². The van der Waals surface area contributed by atoms with Crippen molar-refractivity contribution in [2.45, 2.75) is 30.5 Å². The Hall–Kier alpha value is -0.830. The molecule has 4 heterocycles. The second-order valence-electron chi connectivity index (χ2n) is 7.09. The van der Waals surface area contributed by atoms with E-state index in [2.05, 4.69) is 14.2 Å². The fourth-order valence-electron chi connectivity index (χ4n) is 3.79. The van der Waals surface area contributed by atoms with Gasteiger partial charge in [-0.25, -0.2) is 9.29 Å². The summed E-state index contributed by atoms with van der Waals surface area (Å²) >= 11 is 1.52. The Morgan fingerprint density at radius 3 is 2.58 bits per heavy atom. The number of hydrogen-bond acceptors (Lipinski definition) is 5. The molecule has 8 heteroatoms. The lowest BCUT2D eigenvalue weighted by Crippen LogP contribution is -2.72. The fourth-order valence-corrected chi connectivity index (χ4v) is 5.05. The lowest BCUT2D eigenvalue weighted by Gasteiger charge is -2.61. The van der Waals surface area contributed by atoms with Gasteiger partial charge in [-0.1, -0.05) is 0 Å². The highest BCUT2D eigenvalue weighted by atomic mass is 32.2. The SMILES string of the molecule is Cc1nc(C(F)(F)F)ccc1SN1CC2(C1)CN(C1CCOC1)C2. The molecule has 1 atom stereocenters. The highest BCUT2D eigenvalue weighted by Crippen LogP contribution is 2.46. The highest BCUT2D eigenvalue weighted by Gasteiger charge is 2.53. The molecule has 0 aromatic carbocycles. The number of ether oxygens (including phenoxy) is 1. The van der Waals surface area contributed by atoms with Crippen LogP contribution in [-0.4, -0.2) is 59.6 Å². The summed E-state index contributed by atoms with van der Waals surface area (Å²) in [5.41, 5.74) is -0.00463. The minimum absolute atomic E-state index is 0.378. The van der Waals surface area contributed by atoms with Crippen molar-refractivity contribution in [3.05, 3.63) is 23.5 Å². The van der Waals surface area contributed by atoms with Gasteiger partial charge in [0.1, 0.15) is 5.69 Å². The summed E-state index contributed by atoms with van der Waals surface area (Å²) in [4.78, 5) is 7.00. The molecule has 0 aliphatic carbocycles. The predicted molar refractivity (Wildman–Crippen MR) is 84.6 cm³/mol. The number of aromatic nitrogens is 1. The van der Waals surface area contributed by atoms with Crippen LogP contribution in [0, 0.1) is 12.3 Å². The predicted octanol–water partition coefficient (Wildman–Crippen LogP) is 2.82. The summed E-state index contributed by atoms with van der Waals surface area (Å²) < 4.78 is 45.7. The molecule has 1 spiro atoms. The molecule has 4 rings (SSSR count). The summed E-state index contributed by atoms with van der Waals surface area (Å²) in [7, 11) is 0. The fraction of sp³-hybridized carbons (Fsp3) is 0.688. The maximum atomic E-state index is 12.7. The quantitative estimate of drug-likeness (QED) is 0.774. The van der Waals surface area contributed by atoms with E-state index in [-0.39, 0.29) is 0 Å². The minimum atomic E-state index is -4.38. The number of rotatable bonds is 3. The Balaban J connectivity index is 1.30. The second-order valence-corrected chi connectivity index (χ2v) is 8.23. The van der Waals surface area contributed by atoms with Gasteiger partial charge in [-0.15, -0.1) is 0 Å². The summed E-state index contributed by atoms with van der Waals surface area (Å²) in [6, 6.07) is 3.18. The van der Waals surface area contributed by atoms with Gasteiger partial charge in [0.25, 0.3) is 0 Å². The molecule has 1 aromatic rings. The molecule has 24 heavy (non-hydrogen) atoms. The number of hydrogen-bond donors (Lipinski definition) is 0. The van der Waals surface area contributed by atoms with Crippen LogP contribution in [0.5, 0.6) is 0 Å². The van der Waals surface area contributed by atoms with Gasteiger partial charge in [0, 0.05) is 49.1 Å². The Kier molecular flexibility index (Phi) is 4.06. The van der Waals surface area contributed by atoms with Gasteiger partial charge in [-0.2, -0.15) is 13.2 Å². The van der Waals surface area contributed by atoms with Gasteiger partial charge in [-0.3, -0.25) is 4.90 Å². The van der Waals surface area contributed by atoms with Crippen LogP contribution in [0.1, 0.15) is 17.8 Å². The zero-order valence-electron chi connectivity index (χ0n) is 13.5. The van der Waals surface area contributed by atoms with Gasteiger partial charge in [-0.05, 0) is 37.4 Å². The molecular weight excluding hydrogens is 339 g/mol. The summed E-state index contributed by atoms with van der Waals surface area (Å²) in [6.07, 6.45) is -3.25. The van der Waals surface area contributed by atoms with Crippen molar-refractivity contribution >= 4 is 11.9 Å². The second kappa shape index (κ2) is 5.86. The van der Waals surface area contributed by atoms with Crippen LogP contribution in [0.3, 0.4) is 0 Å². The van der Waals surface area contributed by atoms with Gasteiger partial charge in [0.15, 0.2) is 0 Å². The third kappa shape index (κ3) is 3.05. The monoisotopic (exact) mass is 359 g/mol.